The SMILES string of the molecule is CC1=CCCC(C(=O)CC(=O)CC(C)C)C1. The first-order valence-corrected chi connectivity index (χ1v) is 6.19. The van der Waals surface area contributed by atoms with E-state index in [1.807, 2.05) is 13.8 Å². The van der Waals surface area contributed by atoms with Crippen molar-refractivity contribution in [3.05, 3.63) is 11.6 Å². The van der Waals surface area contributed by atoms with Crippen LogP contribution < -0.4 is 0 Å². The molecule has 1 aliphatic carbocycles. The van der Waals surface area contributed by atoms with Crippen LogP contribution in [0.4, 0.5) is 0 Å². The van der Waals surface area contributed by atoms with Crippen LogP contribution in [0, 0.1) is 11.8 Å². The van der Waals surface area contributed by atoms with E-state index in [9.17, 15) is 9.59 Å². The predicted molar refractivity (Wildman–Crippen MR) is 65.2 cm³/mol. The molecule has 90 valence electrons. The van der Waals surface area contributed by atoms with Crippen molar-refractivity contribution < 1.29 is 9.59 Å². The summed E-state index contributed by atoms with van der Waals surface area (Å²) >= 11 is 0. The summed E-state index contributed by atoms with van der Waals surface area (Å²) in [5.41, 5.74) is 1.29. The van der Waals surface area contributed by atoms with Gasteiger partial charge in [0.2, 0.25) is 0 Å². The lowest BCUT2D eigenvalue weighted by atomic mass is 9.84. The van der Waals surface area contributed by atoms with Gasteiger partial charge in [-0.2, -0.15) is 0 Å². The molecule has 0 saturated carbocycles. The Balaban J connectivity index is 2.41. The van der Waals surface area contributed by atoms with E-state index in [-0.39, 0.29) is 23.9 Å². The van der Waals surface area contributed by atoms with E-state index >= 15 is 0 Å². The maximum absolute atomic E-state index is 11.9. The van der Waals surface area contributed by atoms with Crippen LogP contribution >= 0.6 is 0 Å². The second kappa shape index (κ2) is 5.97. The Morgan fingerprint density at radius 3 is 2.69 bits per heavy atom. The second-order valence-corrected chi connectivity index (χ2v) is 5.31. The van der Waals surface area contributed by atoms with E-state index in [1.54, 1.807) is 0 Å². The number of Topliss-reactive ketones (excluding diaryl/α,β-unsaturated/α-hetero) is 2. The maximum Gasteiger partial charge on any atom is 0.143 e. The molecule has 0 heterocycles. The molecule has 0 radical (unpaired) electrons. The molecule has 1 rings (SSSR count). The van der Waals surface area contributed by atoms with Crippen LogP contribution in [0.3, 0.4) is 0 Å². The Morgan fingerprint density at radius 1 is 1.44 bits per heavy atom. The Labute approximate surface area is 98.1 Å². The third-order valence-electron chi connectivity index (χ3n) is 3.04. The van der Waals surface area contributed by atoms with Gasteiger partial charge in [-0.15, -0.1) is 0 Å². The molecule has 0 bridgehead atoms. The normalized spacial score (nSPS) is 20.8. The number of rotatable bonds is 5. The van der Waals surface area contributed by atoms with E-state index < -0.39 is 0 Å². The summed E-state index contributed by atoms with van der Waals surface area (Å²) in [7, 11) is 0. The van der Waals surface area contributed by atoms with Crippen molar-refractivity contribution >= 4 is 11.6 Å². The number of ketones is 2. The highest BCUT2D eigenvalue weighted by molar-refractivity contribution is 6.00. The fourth-order valence-corrected chi connectivity index (χ4v) is 2.25. The highest BCUT2D eigenvalue weighted by Gasteiger charge is 2.23. The smallest absolute Gasteiger partial charge is 0.143 e. The van der Waals surface area contributed by atoms with Crippen LogP contribution in [0.2, 0.25) is 0 Å². The molecule has 0 aromatic rings. The fourth-order valence-electron chi connectivity index (χ4n) is 2.25. The number of carbonyl (C=O) groups is 2. The molecule has 2 heteroatoms. The van der Waals surface area contributed by atoms with Crippen LogP contribution in [0.25, 0.3) is 0 Å². The summed E-state index contributed by atoms with van der Waals surface area (Å²) in [6.07, 6.45) is 5.64. The predicted octanol–water partition coefficient (Wildman–Crippen LogP) is 3.31. The molecule has 1 atom stereocenters. The first-order chi connectivity index (χ1) is 7.49. The Kier molecular flexibility index (Phi) is 4.91. The van der Waals surface area contributed by atoms with Gasteiger partial charge in [-0.3, -0.25) is 9.59 Å². The van der Waals surface area contributed by atoms with Crippen LogP contribution in [0.5, 0.6) is 0 Å². The zero-order chi connectivity index (χ0) is 12.1. The van der Waals surface area contributed by atoms with Gasteiger partial charge in [0, 0.05) is 12.3 Å². The summed E-state index contributed by atoms with van der Waals surface area (Å²) in [6, 6.07) is 0. The van der Waals surface area contributed by atoms with Gasteiger partial charge in [-0.05, 0) is 32.1 Å². The summed E-state index contributed by atoms with van der Waals surface area (Å²) < 4.78 is 0. The quantitative estimate of drug-likeness (QED) is 0.528. The number of allylic oxidation sites excluding steroid dienone is 2. The largest absolute Gasteiger partial charge is 0.299 e. The number of hydrogen-bond acceptors (Lipinski definition) is 2. The van der Waals surface area contributed by atoms with Crippen LogP contribution in [0.15, 0.2) is 11.6 Å². The van der Waals surface area contributed by atoms with Crippen molar-refractivity contribution in [2.45, 2.75) is 52.9 Å². The van der Waals surface area contributed by atoms with Crippen molar-refractivity contribution in [3.63, 3.8) is 0 Å². The lowest BCUT2D eigenvalue weighted by molar-refractivity contribution is -0.129. The molecule has 0 saturated heterocycles. The first kappa shape index (κ1) is 13.1. The molecule has 1 unspecified atom stereocenters. The van der Waals surface area contributed by atoms with E-state index in [4.69, 9.17) is 0 Å². The van der Waals surface area contributed by atoms with Gasteiger partial charge in [0.05, 0.1) is 6.42 Å². The monoisotopic (exact) mass is 222 g/mol. The van der Waals surface area contributed by atoms with E-state index in [0.29, 0.717) is 12.3 Å². The third-order valence-corrected chi connectivity index (χ3v) is 3.04. The second-order valence-electron chi connectivity index (χ2n) is 5.31. The Bertz CT molecular complexity index is 300. The molecule has 0 amide bonds. The van der Waals surface area contributed by atoms with Gasteiger partial charge < -0.3 is 0 Å². The minimum atomic E-state index is 0.0983. The molecule has 0 aromatic heterocycles. The molecule has 16 heavy (non-hydrogen) atoms. The van der Waals surface area contributed by atoms with Crippen molar-refractivity contribution in [2.75, 3.05) is 0 Å². The van der Waals surface area contributed by atoms with Gasteiger partial charge in [0.15, 0.2) is 0 Å². The maximum atomic E-state index is 11.9. The molecule has 1 aliphatic rings. The van der Waals surface area contributed by atoms with Gasteiger partial charge in [-0.25, -0.2) is 0 Å². The van der Waals surface area contributed by atoms with Crippen LogP contribution in [0.1, 0.15) is 52.9 Å². The minimum Gasteiger partial charge on any atom is -0.299 e. The third kappa shape index (κ3) is 4.30. The molecule has 0 N–H and O–H groups in total. The average Bonchev–Trinajstić information content (AvgIpc) is 2.16. The summed E-state index contributed by atoms with van der Waals surface area (Å²) in [4.78, 5) is 23.4. The molecule has 0 aromatic carbocycles. The van der Waals surface area contributed by atoms with E-state index in [2.05, 4.69) is 13.0 Å². The average molecular weight is 222 g/mol. The molecular weight excluding hydrogens is 200 g/mol. The van der Waals surface area contributed by atoms with Gasteiger partial charge in [-0.1, -0.05) is 25.5 Å². The Morgan fingerprint density at radius 2 is 2.12 bits per heavy atom. The lowest BCUT2D eigenvalue weighted by Gasteiger charge is -2.19. The number of carbonyl (C=O) groups excluding carboxylic acids is 2. The molecule has 0 spiro atoms. The zero-order valence-corrected chi connectivity index (χ0v) is 10.6. The van der Waals surface area contributed by atoms with E-state index in [1.165, 1.54) is 5.57 Å². The van der Waals surface area contributed by atoms with Gasteiger partial charge in [0.1, 0.15) is 11.6 Å². The lowest BCUT2D eigenvalue weighted by Crippen LogP contribution is -2.21. The van der Waals surface area contributed by atoms with Crippen LogP contribution in [-0.4, -0.2) is 11.6 Å². The first-order valence-electron chi connectivity index (χ1n) is 6.19. The summed E-state index contributed by atoms with van der Waals surface area (Å²) in [5, 5.41) is 0. The fraction of sp³-hybridized carbons (Fsp3) is 0.714. The highest BCUT2D eigenvalue weighted by Crippen LogP contribution is 2.25. The van der Waals surface area contributed by atoms with E-state index in [0.717, 1.165) is 19.3 Å². The molecule has 2 nitrogen and oxygen atoms in total. The van der Waals surface area contributed by atoms with Gasteiger partial charge >= 0.3 is 0 Å². The molecular formula is C14H22O2. The number of hydrogen-bond donors (Lipinski definition) is 0. The van der Waals surface area contributed by atoms with Crippen molar-refractivity contribution in [3.8, 4) is 0 Å². The van der Waals surface area contributed by atoms with Crippen molar-refractivity contribution in [1.82, 2.24) is 0 Å². The summed E-state index contributed by atoms with van der Waals surface area (Å²) in [6.45, 7) is 6.08. The standard InChI is InChI=1S/C14H22O2/c1-10(2)7-13(15)9-14(16)12-6-4-5-11(3)8-12/h5,10,12H,4,6-9H2,1-3H3. The van der Waals surface area contributed by atoms with Crippen LogP contribution in [-0.2, 0) is 9.59 Å². The molecule has 0 fully saturated rings. The Hall–Kier alpha value is -0.920. The highest BCUT2D eigenvalue weighted by atomic mass is 16.1. The minimum absolute atomic E-state index is 0.0983. The zero-order valence-electron chi connectivity index (χ0n) is 10.6. The van der Waals surface area contributed by atoms with Gasteiger partial charge in [0.25, 0.3) is 0 Å². The van der Waals surface area contributed by atoms with Crippen molar-refractivity contribution in [2.24, 2.45) is 11.8 Å². The molecule has 0 aliphatic heterocycles. The topological polar surface area (TPSA) is 34.1 Å². The summed E-state index contributed by atoms with van der Waals surface area (Å²) in [5.74, 6) is 0.708. The van der Waals surface area contributed by atoms with Crippen molar-refractivity contribution in [1.29, 1.82) is 0 Å².